The summed E-state index contributed by atoms with van der Waals surface area (Å²) in [5, 5.41) is 9.89. The summed E-state index contributed by atoms with van der Waals surface area (Å²) in [6.45, 7) is 21.8. The van der Waals surface area contributed by atoms with Crippen LogP contribution in [0, 0.1) is 12.8 Å². The van der Waals surface area contributed by atoms with Crippen LogP contribution in [0.15, 0.2) is 54.6 Å². The first-order chi connectivity index (χ1) is 21.9. The third kappa shape index (κ3) is 34.2. The zero-order valence-electron chi connectivity index (χ0n) is 30.2. The number of hydrogen-bond acceptors (Lipinski definition) is 7. The summed E-state index contributed by atoms with van der Waals surface area (Å²) in [7, 11) is 0. The first kappa shape index (κ1) is 46.9. The second kappa shape index (κ2) is 28.9. The van der Waals surface area contributed by atoms with E-state index in [4.69, 9.17) is 0 Å². The minimum atomic E-state index is -0.791. The molecule has 11 nitrogen and oxygen atoms in total. The monoisotopic (exact) mass is 658 g/mol. The number of rotatable bonds is 11. The van der Waals surface area contributed by atoms with Gasteiger partial charge in [-0.25, -0.2) is 0 Å². The van der Waals surface area contributed by atoms with Crippen molar-refractivity contribution in [1.29, 1.82) is 0 Å². The minimum absolute atomic E-state index is 0.0796. The molecule has 0 fully saturated rings. The van der Waals surface area contributed by atoms with Gasteiger partial charge in [0.1, 0.15) is 17.4 Å². The standard InChI is InChI=1S/C15H19N3O4.C9H11NO.C5H10O2.C4H10.C3H8/c1-10(19)8-16-14(21)11(2)18-13(20)9-17-15(22)12-6-4-3-5-7-12;1-8-3-2-4-9(5-8)6-10-7-11;1-5(2,3)7-4-6;1-4(2)3;1-3-2/h3-7,11H,8-9H2,1-2H3,(H,16,21)(H,17,22)(H,18,20);2-5,7H,6H2,1H3,(H,10,11);4H,1-3H3;4H,1-3H3;3H2,1-2H3/t11-;;;;/m0..../s1. The van der Waals surface area contributed by atoms with Crippen LogP contribution < -0.4 is 21.3 Å². The van der Waals surface area contributed by atoms with Crippen LogP contribution in [0.4, 0.5) is 0 Å². The normalized spacial score (nSPS) is 10.1. The van der Waals surface area contributed by atoms with Gasteiger partial charge in [-0.1, -0.05) is 89.1 Å². The molecular formula is C36H58N4O7. The van der Waals surface area contributed by atoms with Crippen molar-refractivity contribution < 1.29 is 33.5 Å². The molecule has 0 aliphatic rings. The number of Topliss-reactive ketones (excluding diaryl/α,β-unsaturated/α-hetero) is 1. The van der Waals surface area contributed by atoms with Crippen LogP contribution >= 0.6 is 0 Å². The molecule has 4 N–H and O–H groups in total. The molecule has 264 valence electrons. The summed E-state index contributed by atoms with van der Waals surface area (Å²) >= 11 is 0. The number of ether oxygens (including phenoxy) is 1. The van der Waals surface area contributed by atoms with E-state index in [0.29, 0.717) is 25.0 Å². The van der Waals surface area contributed by atoms with E-state index >= 15 is 0 Å². The van der Waals surface area contributed by atoms with Crippen LogP contribution in [0.3, 0.4) is 0 Å². The molecule has 0 aromatic heterocycles. The maximum atomic E-state index is 11.7. The summed E-state index contributed by atoms with van der Waals surface area (Å²) in [4.78, 5) is 65.3. The number of amides is 4. The van der Waals surface area contributed by atoms with Gasteiger partial charge in [0.15, 0.2) is 0 Å². The fourth-order valence-corrected chi connectivity index (χ4v) is 2.70. The van der Waals surface area contributed by atoms with Crippen molar-refractivity contribution in [3.05, 3.63) is 71.3 Å². The average molecular weight is 659 g/mol. The van der Waals surface area contributed by atoms with Crippen molar-refractivity contribution in [2.75, 3.05) is 13.1 Å². The van der Waals surface area contributed by atoms with Gasteiger partial charge in [-0.3, -0.25) is 28.8 Å². The van der Waals surface area contributed by atoms with E-state index in [1.165, 1.54) is 25.8 Å². The van der Waals surface area contributed by atoms with Gasteiger partial charge in [-0.05, 0) is 65.2 Å². The van der Waals surface area contributed by atoms with Crippen molar-refractivity contribution in [2.45, 2.75) is 101 Å². The maximum Gasteiger partial charge on any atom is 0.293 e. The SMILES string of the molecule is CC(=O)CNC(=O)[C@H](C)NC(=O)CNC(=O)c1ccccc1.CC(C)(C)OC=O.CC(C)C.CCC.Cc1cccc(CNC=O)c1. The highest BCUT2D eigenvalue weighted by Crippen LogP contribution is 2.03. The lowest BCUT2D eigenvalue weighted by molar-refractivity contribution is -0.138. The Hall–Kier alpha value is -4.54. The van der Waals surface area contributed by atoms with E-state index in [-0.39, 0.29) is 30.4 Å². The predicted molar refractivity (Wildman–Crippen MR) is 188 cm³/mol. The Balaban J connectivity index is -0.000000638. The van der Waals surface area contributed by atoms with Gasteiger partial charge in [0, 0.05) is 12.1 Å². The second-order valence-corrected chi connectivity index (χ2v) is 12.0. The Morgan fingerprint density at radius 3 is 1.83 bits per heavy atom. The van der Waals surface area contributed by atoms with Crippen LogP contribution in [-0.4, -0.2) is 61.1 Å². The number of benzene rings is 2. The first-order valence-corrected chi connectivity index (χ1v) is 15.7. The second-order valence-electron chi connectivity index (χ2n) is 12.0. The predicted octanol–water partition coefficient (Wildman–Crippen LogP) is 4.90. The molecule has 11 heteroatoms. The molecule has 0 bridgehead atoms. The van der Waals surface area contributed by atoms with E-state index < -0.39 is 17.9 Å². The molecule has 0 saturated carbocycles. The number of carbonyl (C=O) groups excluding carboxylic acids is 6. The maximum absolute atomic E-state index is 11.7. The topological polar surface area (TPSA) is 160 Å². The molecule has 0 radical (unpaired) electrons. The van der Waals surface area contributed by atoms with Gasteiger partial charge in [-0.2, -0.15) is 0 Å². The highest BCUT2D eigenvalue weighted by Gasteiger charge is 2.16. The molecule has 0 spiro atoms. The van der Waals surface area contributed by atoms with Crippen LogP contribution in [0.5, 0.6) is 0 Å². The van der Waals surface area contributed by atoms with E-state index in [1.54, 1.807) is 30.3 Å². The quantitative estimate of drug-likeness (QED) is 0.250. The van der Waals surface area contributed by atoms with Crippen LogP contribution in [0.1, 0.15) is 97.1 Å². The summed E-state index contributed by atoms with van der Waals surface area (Å²) in [6.07, 6.45) is 1.96. The molecule has 4 amide bonds. The highest BCUT2D eigenvalue weighted by atomic mass is 16.5. The number of ketones is 1. The molecule has 2 aromatic rings. The lowest BCUT2D eigenvalue weighted by atomic mass is 10.1. The lowest BCUT2D eigenvalue weighted by Crippen LogP contribution is -2.48. The number of carbonyl (C=O) groups is 6. The Morgan fingerprint density at radius 1 is 0.851 bits per heavy atom. The van der Waals surface area contributed by atoms with Crippen molar-refractivity contribution in [1.82, 2.24) is 21.3 Å². The summed E-state index contributed by atoms with van der Waals surface area (Å²) in [5.74, 6) is -0.667. The molecule has 0 unspecified atom stereocenters. The fraction of sp³-hybridized carbons (Fsp3) is 0.500. The third-order valence-electron chi connectivity index (χ3n) is 4.60. The van der Waals surface area contributed by atoms with Gasteiger partial charge >= 0.3 is 0 Å². The van der Waals surface area contributed by atoms with Crippen LogP contribution in [0.25, 0.3) is 0 Å². The Bertz CT molecular complexity index is 1160. The van der Waals surface area contributed by atoms with Crippen LogP contribution in [0.2, 0.25) is 0 Å². The summed E-state index contributed by atoms with van der Waals surface area (Å²) < 4.78 is 4.55. The van der Waals surface area contributed by atoms with Gasteiger partial charge in [0.05, 0.1) is 13.1 Å². The molecule has 0 saturated heterocycles. The smallest absolute Gasteiger partial charge is 0.293 e. The van der Waals surface area contributed by atoms with Crippen molar-refractivity contribution in [3.8, 4) is 0 Å². The molecule has 0 heterocycles. The molecule has 0 aliphatic carbocycles. The van der Waals surface area contributed by atoms with E-state index in [0.717, 1.165) is 11.5 Å². The summed E-state index contributed by atoms with van der Waals surface area (Å²) in [6, 6.07) is 15.7. The lowest BCUT2D eigenvalue weighted by Gasteiger charge is -2.14. The molecular weight excluding hydrogens is 600 g/mol. The Labute approximate surface area is 282 Å². The Morgan fingerprint density at radius 2 is 1.40 bits per heavy atom. The average Bonchev–Trinajstić information content (AvgIpc) is 2.98. The number of hydrogen-bond donors (Lipinski definition) is 4. The number of aryl methyl sites for hydroxylation is 1. The molecule has 0 aliphatic heterocycles. The molecule has 47 heavy (non-hydrogen) atoms. The van der Waals surface area contributed by atoms with Crippen molar-refractivity contribution >= 4 is 36.4 Å². The van der Waals surface area contributed by atoms with E-state index in [9.17, 15) is 28.8 Å². The van der Waals surface area contributed by atoms with Crippen molar-refractivity contribution in [2.24, 2.45) is 5.92 Å². The third-order valence-corrected chi connectivity index (χ3v) is 4.60. The summed E-state index contributed by atoms with van der Waals surface area (Å²) in [5.41, 5.74) is 2.48. The molecule has 2 rings (SSSR count). The fourth-order valence-electron chi connectivity index (χ4n) is 2.70. The first-order valence-electron chi connectivity index (χ1n) is 15.7. The van der Waals surface area contributed by atoms with Crippen molar-refractivity contribution in [3.63, 3.8) is 0 Å². The zero-order chi connectivity index (χ0) is 36.8. The zero-order valence-corrected chi connectivity index (χ0v) is 30.2. The van der Waals surface area contributed by atoms with Gasteiger partial charge in [0.25, 0.3) is 12.4 Å². The van der Waals surface area contributed by atoms with Gasteiger partial charge in [-0.15, -0.1) is 0 Å². The molecule has 1 atom stereocenters. The van der Waals surface area contributed by atoms with E-state index in [2.05, 4.69) is 66.7 Å². The van der Waals surface area contributed by atoms with E-state index in [1.807, 2.05) is 45.9 Å². The minimum Gasteiger partial charge on any atom is -0.462 e. The Kier molecular flexibility index (Phi) is 28.8. The largest absolute Gasteiger partial charge is 0.462 e. The van der Waals surface area contributed by atoms with Gasteiger partial charge in [0.2, 0.25) is 18.2 Å². The number of nitrogens with one attached hydrogen (secondary N) is 4. The van der Waals surface area contributed by atoms with Gasteiger partial charge < -0.3 is 26.0 Å². The highest BCUT2D eigenvalue weighted by molar-refractivity contribution is 5.97. The van der Waals surface area contributed by atoms with Crippen LogP contribution in [-0.2, 0) is 35.3 Å². The molecule has 2 aromatic carbocycles.